The van der Waals surface area contributed by atoms with Crippen molar-refractivity contribution in [3.8, 4) is 0 Å². The quantitative estimate of drug-likeness (QED) is 0.860. The van der Waals surface area contributed by atoms with Crippen molar-refractivity contribution in [1.29, 1.82) is 0 Å². The van der Waals surface area contributed by atoms with Crippen LogP contribution in [0.5, 0.6) is 0 Å². The van der Waals surface area contributed by atoms with Gasteiger partial charge in [0.15, 0.2) is 5.69 Å². The first-order chi connectivity index (χ1) is 9.41. The van der Waals surface area contributed by atoms with Crippen molar-refractivity contribution in [3.05, 3.63) is 11.4 Å². The second-order valence-electron chi connectivity index (χ2n) is 5.60. The number of fused-ring (bicyclic) bond motifs is 1. The van der Waals surface area contributed by atoms with Crippen LogP contribution in [0.15, 0.2) is 4.90 Å². The van der Waals surface area contributed by atoms with Gasteiger partial charge >= 0.3 is 5.97 Å². The molecule has 1 saturated heterocycles. The third kappa shape index (κ3) is 1.94. The molecule has 2 atom stereocenters. The molecule has 8 heteroatoms. The number of aromatic carboxylic acids is 1. The van der Waals surface area contributed by atoms with Crippen LogP contribution >= 0.6 is 0 Å². The maximum absolute atomic E-state index is 12.7. The first kappa shape index (κ1) is 13.6. The van der Waals surface area contributed by atoms with Crippen molar-refractivity contribution in [2.24, 2.45) is 11.8 Å². The maximum Gasteiger partial charge on any atom is 0.357 e. The largest absolute Gasteiger partial charge is 0.476 e. The predicted molar refractivity (Wildman–Crippen MR) is 69.9 cm³/mol. The number of carboxylic acid groups (broad SMARTS) is 1. The normalized spacial score (nSPS) is 26.9. The second-order valence-corrected chi connectivity index (χ2v) is 7.48. The fourth-order valence-corrected chi connectivity index (χ4v) is 5.24. The van der Waals surface area contributed by atoms with Crippen LogP contribution in [0.3, 0.4) is 0 Å². The van der Waals surface area contributed by atoms with Gasteiger partial charge in [0.05, 0.1) is 5.69 Å². The van der Waals surface area contributed by atoms with E-state index in [0.29, 0.717) is 24.9 Å². The SMILES string of the molecule is Cc1[nH]nc(C(=O)O)c1S(=O)(=O)N1CC2CCCC2C1. The molecule has 3 rings (SSSR count). The zero-order valence-electron chi connectivity index (χ0n) is 11.2. The summed E-state index contributed by atoms with van der Waals surface area (Å²) >= 11 is 0. The molecule has 2 fully saturated rings. The summed E-state index contributed by atoms with van der Waals surface area (Å²) in [6, 6.07) is 0. The van der Waals surface area contributed by atoms with E-state index in [-0.39, 0.29) is 10.6 Å². The minimum atomic E-state index is -3.78. The molecular formula is C12H17N3O4S. The first-order valence-corrected chi connectivity index (χ1v) is 8.13. The lowest BCUT2D eigenvalue weighted by Gasteiger charge is -2.17. The van der Waals surface area contributed by atoms with Crippen LogP contribution in [0.2, 0.25) is 0 Å². The Kier molecular flexibility index (Phi) is 3.09. The monoisotopic (exact) mass is 299 g/mol. The molecule has 7 nitrogen and oxygen atoms in total. The molecule has 1 aliphatic heterocycles. The molecule has 2 N–H and O–H groups in total. The van der Waals surface area contributed by atoms with Crippen LogP contribution in [0.25, 0.3) is 0 Å². The van der Waals surface area contributed by atoms with E-state index in [4.69, 9.17) is 5.11 Å². The van der Waals surface area contributed by atoms with E-state index < -0.39 is 21.7 Å². The highest BCUT2D eigenvalue weighted by molar-refractivity contribution is 7.89. The third-order valence-electron chi connectivity index (χ3n) is 4.38. The Morgan fingerprint density at radius 2 is 1.95 bits per heavy atom. The standard InChI is InChI=1S/C12H17N3O4S/c1-7-11(10(12(16)17)14-13-7)20(18,19)15-5-8-3-2-4-9(8)6-15/h8-9H,2-6H2,1H3,(H,13,14)(H,16,17). The van der Waals surface area contributed by atoms with Crippen molar-refractivity contribution in [2.75, 3.05) is 13.1 Å². The highest BCUT2D eigenvalue weighted by Crippen LogP contribution is 2.40. The van der Waals surface area contributed by atoms with E-state index in [9.17, 15) is 13.2 Å². The Bertz CT molecular complexity index is 640. The molecule has 0 spiro atoms. The number of rotatable bonds is 3. The summed E-state index contributed by atoms with van der Waals surface area (Å²) < 4.78 is 26.8. The van der Waals surface area contributed by atoms with Crippen molar-refractivity contribution in [2.45, 2.75) is 31.1 Å². The molecule has 0 aromatic carbocycles. The summed E-state index contributed by atoms with van der Waals surface area (Å²) in [7, 11) is -3.78. The minimum Gasteiger partial charge on any atom is -0.476 e. The van der Waals surface area contributed by atoms with Gasteiger partial charge < -0.3 is 5.11 Å². The van der Waals surface area contributed by atoms with Crippen LogP contribution in [0, 0.1) is 18.8 Å². The number of H-pyrrole nitrogens is 1. The predicted octanol–water partition coefficient (Wildman–Crippen LogP) is 0.837. The zero-order chi connectivity index (χ0) is 14.5. The van der Waals surface area contributed by atoms with E-state index >= 15 is 0 Å². The van der Waals surface area contributed by atoms with Gasteiger partial charge in [0.25, 0.3) is 0 Å². The van der Waals surface area contributed by atoms with Gasteiger partial charge in [-0.05, 0) is 31.6 Å². The summed E-state index contributed by atoms with van der Waals surface area (Å²) in [6.07, 6.45) is 3.29. The lowest BCUT2D eigenvalue weighted by atomic mass is 10.0. The van der Waals surface area contributed by atoms with Gasteiger partial charge in [-0.1, -0.05) is 6.42 Å². The van der Waals surface area contributed by atoms with Crippen LogP contribution < -0.4 is 0 Å². The Hall–Kier alpha value is -1.41. The van der Waals surface area contributed by atoms with Gasteiger partial charge in [-0.25, -0.2) is 13.2 Å². The highest BCUT2D eigenvalue weighted by atomic mass is 32.2. The Morgan fingerprint density at radius 1 is 1.35 bits per heavy atom. The lowest BCUT2D eigenvalue weighted by molar-refractivity contribution is 0.0686. The van der Waals surface area contributed by atoms with Crippen molar-refractivity contribution < 1.29 is 18.3 Å². The fraction of sp³-hybridized carbons (Fsp3) is 0.667. The molecule has 1 aromatic rings. The number of sulfonamides is 1. The third-order valence-corrected chi connectivity index (χ3v) is 6.38. The smallest absolute Gasteiger partial charge is 0.357 e. The summed E-state index contributed by atoms with van der Waals surface area (Å²) in [5.41, 5.74) is -0.140. The Balaban J connectivity index is 1.97. The molecule has 0 radical (unpaired) electrons. The number of aromatic nitrogens is 2. The molecule has 0 amide bonds. The number of hydrogen-bond donors (Lipinski definition) is 2. The number of hydrogen-bond acceptors (Lipinski definition) is 4. The zero-order valence-corrected chi connectivity index (χ0v) is 12.0. The van der Waals surface area contributed by atoms with Crippen LogP contribution in [0.4, 0.5) is 0 Å². The number of nitrogens with one attached hydrogen (secondary N) is 1. The second kappa shape index (κ2) is 4.56. The summed E-state index contributed by atoms with van der Waals surface area (Å²) in [5.74, 6) is -0.483. The molecule has 20 heavy (non-hydrogen) atoms. The molecule has 1 saturated carbocycles. The average molecular weight is 299 g/mol. The van der Waals surface area contributed by atoms with E-state index in [1.54, 1.807) is 0 Å². The molecule has 2 heterocycles. The maximum atomic E-state index is 12.7. The van der Waals surface area contributed by atoms with E-state index in [2.05, 4.69) is 10.2 Å². The lowest BCUT2D eigenvalue weighted by Crippen LogP contribution is -2.31. The Morgan fingerprint density at radius 3 is 2.50 bits per heavy atom. The first-order valence-electron chi connectivity index (χ1n) is 6.69. The number of carboxylic acids is 1. The van der Waals surface area contributed by atoms with Crippen molar-refractivity contribution in [1.82, 2.24) is 14.5 Å². The number of carbonyl (C=O) groups is 1. The number of aryl methyl sites for hydroxylation is 1. The molecular weight excluding hydrogens is 282 g/mol. The summed E-state index contributed by atoms with van der Waals surface area (Å²) in [5, 5.41) is 15.1. The van der Waals surface area contributed by atoms with Gasteiger partial charge in [-0.3, -0.25) is 5.10 Å². The molecule has 2 aliphatic rings. The van der Waals surface area contributed by atoms with E-state index in [1.807, 2.05) is 0 Å². The van der Waals surface area contributed by atoms with Crippen LogP contribution in [-0.4, -0.2) is 47.1 Å². The molecule has 1 aliphatic carbocycles. The van der Waals surface area contributed by atoms with Gasteiger partial charge in [-0.15, -0.1) is 0 Å². The molecule has 2 unspecified atom stereocenters. The number of nitrogens with zero attached hydrogens (tertiary/aromatic N) is 2. The minimum absolute atomic E-state index is 0.190. The van der Waals surface area contributed by atoms with E-state index in [0.717, 1.165) is 19.3 Å². The summed E-state index contributed by atoms with van der Waals surface area (Å²) in [6.45, 7) is 2.52. The van der Waals surface area contributed by atoms with Crippen molar-refractivity contribution >= 4 is 16.0 Å². The summed E-state index contributed by atoms with van der Waals surface area (Å²) in [4.78, 5) is 10.9. The Labute approximate surface area is 117 Å². The van der Waals surface area contributed by atoms with E-state index in [1.165, 1.54) is 11.2 Å². The topological polar surface area (TPSA) is 103 Å². The van der Waals surface area contributed by atoms with Gasteiger partial charge in [0, 0.05) is 13.1 Å². The molecule has 110 valence electrons. The van der Waals surface area contributed by atoms with Crippen LogP contribution in [-0.2, 0) is 10.0 Å². The van der Waals surface area contributed by atoms with Gasteiger partial charge in [-0.2, -0.15) is 9.40 Å². The van der Waals surface area contributed by atoms with Crippen LogP contribution in [0.1, 0.15) is 35.4 Å². The number of aromatic amines is 1. The van der Waals surface area contributed by atoms with Gasteiger partial charge in [0.1, 0.15) is 4.90 Å². The highest BCUT2D eigenvalue weighted by Gasteiger charge is 2.43. The van der Waals surface area contributed by atoms with Crippen molar-refractivity contribution in [3.63, 3.8) is 0 Å². The average Bonchev–Trinajstić information content (AvgIpc) is 3.00. The molecule has 1 aromatic heterocycles. The molecule has 0 bridgehead atoms. The van der Waals surface area contributed by atoms with Gasteiger partial charge in [0.2, 0.25) is 10.0 Å². The fourth-order valence-electron chi connectivity index (χ4n) is 3.40.